The zero-order chi connectivity index (χ0) is 13.4. The van der Waals surface area contributed by atoms with Crippen molar-refractivity contribution in [3.8, 4) is 17.0 Å². The number of methoxy groups -OCH3 is 1. The molecule has 0 saturated carbocycles. The second-order valence-electron chi connectivity index (χ2n) is 4.53. The molecular formula is C14H19N3O. The number of hydrogen-bond donors (Lipinski definition) is 1. The summed E-state index contributed by atoms with van der Waals surface area (Å²) in [6.45, 7) is 6.16. The van der Waals surface area contributed by atoms with Crippen LogP contribution in [-0.4, -0.2) is 16.7 Å². The lowest BCUT2D eigenvalue weighted by Crippen LogP contribution is -1.98. The Morgan fingerprint density at radius 3 is 2.33 bits per heavy atom. The van der Waals surface area contributed by atoms with Crippen LogP contribution in [0.3, 0.4) is 0 Å². The molecule has 0 fully saturated rings. The van der Waals surface area contributed by atoms with Crippen molar-refractivity contribution in [2.45, 2.75) is 20.8 Å². The minimum Gasteiger partial charge on any atom is -0.496 e. The van der Waals surface area contributed by atoms with Gasteiger partial charge in [0.1, 0.15) is 5.75 Å². The summed E-state index contributed by atoms with van der Waals surface area (Å²) < 4.78 is 7.22. The Kier molecular flexibility index (Phi) is 3.03. The number of ether oxygens (including phenoxy) is 1. The predicted octanol–water partition coefficient (Wildman–Crippen LogP) is 2.60. The summed E-state index contributed by atoms with van der Waals surface area (Å²) >= 11 is 0. The van der Waals surface area contributed by atoms with Gasteiger partial charge in [0.15, 0.2) is 0 Å². The topological polar surface area (TPSA) is 53.1 Å². The van der Waals surface area contributed by atoms with Gasteiger partial charge in [0, 0.05) is 18.3 Å². The smallest absolute Gasteiger partial charge is 0.200 e. The van der Waals surface area contributed by atoms with Crippen molar-refractivity contribution < 1.29 is 4.74 Å². The van der Waals surface area contributed by atoms with Crippen molar-refractivity contribution in [3.05, 3.63) is 29.0 Å². The highest BCUT2D eigenvalue weighted by Gasteiger charge is 2.15. The SMILES string of the molecule is COc1ccc(-c2nc(N)n(C)c2C)c(C)c1C. The minimum atomic E-state index is 0.537. The van der Waals surface area contributed by atoms with Crippen LogP contribution in [0.2, 0.25) is 0 Å². The van der Waals surface area contributed by atoms with E-state index in [1.807, 2.05) is 30.7 Å². The molecule has 2 aromatic rings. The zero-order valence-electron chi connectivity index (χ0n) is 11.5. The first-order valence-electron chi connectivity index (χ1n) is 5.90. The fraction of sp³-hybridized carbons (Fsp3) is 0.357. The van der Waals surface area contributed by atoms with E-state index < -0.39 is 0 Å². The Hall–Kier alpha value is -1.97. The molecule has 0 aliphatic rings. The van der Waals surface area contributed by atoms with Gasteiger partial charge in [-0.25, -0.2) is 4.98 Å². The molecule has 0 saturated heterocycles. The van der Waals surface area contributed by atoms with E-state index in [1.165, 1.54) is 5.56 Å². The first-order chi connectivity index (χ1) is 8.47. The minimum absolute atomic E-state index is 0.537. The van der Waals surface area contributed by atoms with Gasteiger partial charge in [-0.3, -0.25) is 0 Å². The third kappa shape index (κ3) is 1.74. The van der Waals surface area contributed by atoms with Crippen LogP contribution in [-0.2, 0) is 7.05 Å². The van der Waals surface area contributed by atoms with Gasteiger partial charge in [0.2, 0.25) is 5.95 Å². The molecule has 0 aliphatic heterocycles. The average Bonchev–Trinajstić information content (AvgIpc) is 2.60. The van der Waals surface area contributed by atoms with Gasteiger partial charge in [0.05, 0.1) is 12.8 Å². The highest BCUT2D eigenvalue weighted by Crippen LogP contribution is 2.32. The van der Waals surface area contributed by atoms with Crippen molar-refractivity contribution in [3.63, 3.8) is 0 Å². The van der Waals surface area contributed by atoms with Crippen molar-refractivity contribution in [1.82, 2.24) is 9.55 Å². The summed E-state index contributed by atoms with van der Waals surface area (Å²) in [5.74, 6) is 1.44. The average molecular weight is 245 g/mol. The lowest BCUT2D eigenvalue weighted by molar-refractivity contribution is 0.411. The Morgan fingerprint density at radius 1 is 1.17 bits per heavy atom. The molecule has 96 valence electrons. The molecule has 4 heteroatoms. The molecule has 1 aromatic heterocycles. The number of hydrogen-bond acceptors (Lipinski definition) is 3. The number of rotatable bonds is 2. The lowest BCUT2D eigenvalue weighted by Gasteiger charge is -2.11. The van der Waals surface area contributed by atoms with Gasteiger partial charge < -0.3 is 15.0 Å². The summed E-state index contributed by atoms with van der Waals surface area (Å²) in [4.78, 5) is 4.44. The second-order valence-corrected chi connectivity index (χ2v) is 4.53. The molecule has 0 radical (unpaired) electrons. The summed E-state index contributed by atoms with van der Waals surface area (Å²) in [5, 5.41) is 0. The van der Waals surface area contributed by atoms with E-state index in [2.05, 4.69) is 18.8 Å². The number of nitrogen functional groups attached to an aromatic ring is 1. The van der Waals surface area contributed by atoms with Gasteiger partial charge in [-0.05, 0) is 44.0 Å². The Balaban J connectivity index is 2.65. The van der Waals surface area contributed by atoms with Crippen molar-refractivity contribution >= 4 is 5.95 Å². The Morgan fingerprint density at radius 2 is 1.83 bits per heavy atom. The number of nitrogens with zero attached hydrogens (tertiary/aromatic N) is 2. The van der Waals surface area contributed by atoms with Gasteiger partial charge in [-0.15, -0.1) is 0 Å². The molecule has 0 atom stereocenters. The maximum Gasteiger partial charge on any atom is 0.200 e. The Bertz CT molecular complexity index is 600. The van der Waals surface area contributed by atoms with Gasteiger partial charge in [-0.1, -0.05) is 0 Å². The van der Waals surface area contributed by atoms with Crippen LogP contribution in [0, 0.1) is 20.8 Å². The summed E-state index contributed by atoms with van der Waals surface area (Å²) in [6.07, 6.45) is 0. The number of aromatic nitrogens is 2. The van der Waals surface area contributed by atoms with Crippen molar-refractivity contribution in [2.75, 3.05) is 12.8 Å². The maximum atomic E-state index is 5.85. The predicted molar refractivity (Wildman–Crippen MR) is 73.8 cm³/mol. The first kappa shape index (κ1) is 12.5. The van der Waals surface area contributed by atoms with Gasteiger partial charge in [-0.2, -0.15) is 0 Å². The third-order valence-corrected chi connectivity index (χ3v) is 3.63. The molecule has 0 bridgehead atoms. The van der Waals surface area contributed by atoms with E-state index in [0.29, 0.717) is 5.95 Å². The molecule has 2 N–H and O–H groups in total. The summed E-state index contributed by atoms with van der Waals surface area (Å²) in [6, 6.07) is 4.01. The van der Waals surface area contributed by atoms with E-state index >= 15 is 0 Å². The highest BCUT2D eigenvalue weighted by molar-refractivity contribution is 5.70. The maximum absolute atomic E-state index is 5.85. The zero-order valence-corrected chi connectivity index (χ0v) is 11.5. The van der Waals surface area contributed by atoms with E-state index in [0.717, 1.165) is 28.3 Å². The second kappa shape index (κ2) is 4.37. The summed E-state index contributed by atoms with van der Waals surface area (Å²) in [5.41, 5.74) is 11.3. The van der Waals surface area contributed by atoms with E-state index in [4.69, 9.17) is 10.5 Å². The monoisotopic (exact) mass is 245 g/mol. The van der Waals surface area contributed by atoms with E-state index in [-0.39, 0.29) is 0 Å². The number of anilines is 1. The van der Waals surface area contributed by atoms with Gasteiger partial charge in [0.25, 0.3) is 0 Å². The molecule has 1 heterocycles. The van der Waals surface area contributed by atoms with Crippen LogP contribution < -0.4 is 10.5 Å². The van der Waals surface area contributed by atoms with Crippen molar-refractivity contribution in [1.29, 1.82) is 0 Å². The largest absolute Gasteiger partial charge is 0.496 e. The summed E-state index contributed by atoms with van der Waals surface area (Å²) in [7, 11) is 3.61. The number of imidazole rings is 1. The Labute approximate surface area is 107 Å². The van der Waals surface area contributed by atoms with Crippen LogP contribution in [0.15, 0.2) is 12.1 Å². The third-order valence-electron chi connectivity index (χ3n) is 3.63. The van der Waals surface area contributed by atoms with Crippen LogP contribution in [0.4, 0.5) is 5.95 Å². The normalized spacial score (nSPS) is 10.7. The van der Waals surface area contributed by atoms with E-state index in [9.17, 15) is 0 Å². The number of nitrogens with two attached hydrogens (primary N) is 1. The van der Waals surface area contributed by atoms with Crippen LogP contribution in [0.1, 0.15) is 16.8 Å². The quantitative estimate of drug-likeness (QED) is 0.884. The standard InChI is InChI=1S/C14H19N3O/c1-8-9(2)12(18-5)7-6-11(8)13-10(3)17(4)14(15)16-13/h6-7H,1-5H3,(H2,15,16). The molecule has 2 rings (SSSR count). The molecular weight excluding hydrogens is 226 g/mol. The fourth-order valence-electron chi connectivity index (χ4n) is 2.13. The lowest BCUT2D eigenvalue weighted by atomic mass is 9.99. The van der Waals surface area contributed by atoms with Crippen molar-refractivity contribution in [2.24, 2.45) is 7.05 Å². The first-order valence-corrected chi connectivity index (χ1v) is 5.90. The highest BCUT2D eigenvalue weighted by atomic mass is 16.5. The van der Waals surface area contributed by atoms with Crippen LogP contribution >= 0.6 is 0 Å². The van der Waals surface area contributed by atoms with Crippen LogP contribution in [0.5, 0.6) is 5.75 Å². The molecule has 1 aromatic carbocycles. The molecule has 0 unspecified atom stereocenters. The fourth-order valence-corrected chi connectivity index (χ4v) is 2.13. The molecule has 0 amide bonds. The molecule has 18 heavy (non-hydrogen) atoms. The van der Waals surface area contributed by atoms with Crippen LogP contribution in [0.25, 0.3) is 11.3 Å². The molecule has 0 aliphatic carbocycles. The van der Waals surface area contributed by atoms with Gasteiger partial charge >= 0.3 is 0 Å². The number of benzene rings is 1. The molecule has 0 spiro atoms. The molecule has 4 nitrogen and oxygen atoms in total. The van der Waals surface area contributed by atoms with E-state index in [1.54, 1.807) is 7.11 Å².